The van der Waals surface area contributed by atoms with Gasteiger partial charge in [-0.3, -0.25) is 0 Å². The first-order valence-corrected chi connectivity index (χ1v) is 11.8. The number of hydrogen-bond acceptors (Lipinski definition) is 4. The van der Waals surface area contributed by atoms with Crippen LogP contribution in [0.25, 0.3) is 10.4 Å². The molecular weight excluding hydrogens is 426 g/mol. The first kappa shape index (κ1) is 25.5. The zero-order valence-corrected chi connectivity index (χ0v) is 19.7. The van der Waals surface area contributed by atoms with Gasteiger partial charge in [-0.05, 0) is 28.6 Å². The van der Waals surface area contributed by atoms with E-state index in [2.05, 4.69) is 16.9 Å². The Morgan fingerprint density at radius 3 is 1.74 bits per heavy atom. The Hall–Kier alpha value is -3.15. The summed E-state index contributed by atoms with van der Waals surface area (Å²) in [4.78, 5) is 3.11. The molecule has 0 radical (unpaired) electrons. The molecule has 0 aromatic heterocycles. The minimum absolute atomic E-state index is 0.243. The largest absolute Gasteiger partial charge is 0.376 e. The van der Waals surface area contributed by atoms with Crippen LogP contribution in [0.5, 0.6) is 0 Å². The topological polar surface area (TPSA) is 76.5 Å². The van der Waals surface area contributed by atoms with Gasteiger partial charge in [-0.1, -0.05) is 109 Å². The van der Waals surface area contributed by atoms with E-state index in [0.29, 0.717) is 19.8 Å². The molecule has 34 heavy (non-hydrogen) atoms. The van der Waals surface area contributed by atoms with Gasteiger partial charge in [0.15, 0.2) is 0 Å². The lowest BCUT2D eigenvalue weighted by atomic mass is 10.0. The van der Waals surface area contributed by atoms with Crippen molar-refractivity contribution in [3.05, 3.63) is 118 Å². The average molecular weight is 460 g/mol. The van der Waals surface area contributed by atoms with Crippen LogP contribution in [0.4, 0.5) is 0 Å². The zero-order chi connectivity index (χ0) is 23.8. The summed E-state index contributed by atoms with van der Waals surface area (Å²) in [6.45, 7) is 3.66. The van der Waals surface area contributed by atoms with Crippen molar-refractivity contribution in [3.63, 3.8) is 0 Å². The van der Waals surface area contributed by atoms with Gasteiger partial charge in [-0.2, -0.15) is 0 Å². The van der Waals surface area contributed by atoms with Crippen LogP contribution in [-0.4, -0.2) is 24.9 Å². The van der Waals surface area contributed by atoms with Crippen molar-refractivity contribution in [2.75, 3.05) is 6.61 Å². The van der Waals surface area contributed by atoms with E-state index in [1.54, 1.807) is 0 Å². The van der Waals surface area contributed by atoms with Crippen LogP contribution in [0.2, 0.25) is 0 Å². The molecule has 0 unspecified atom stereocenters. The summed E-state index contributed by atoms with van der Waals surface area (Å²) >= 11 is 0. The van der Waals surface area contributed by atoms with E-state index in [0.717, 1.165) is 29.5 Å². The Morgan fingerprint density at radius 2 is 1.24 bits per heavy atom. The maximum Gasteiger partial charge on any atom is 0.0948 e. The predicted octanol–water partition coefficient (Wildman–Crippen LogP) is 6.85. The molecule has 0 N–H and O–H groups in total. The third-order valence-electron chi connectivity index (χ3n) is 5.51. The third-order valence-corrected chi connectivity index (χ3v) is 5.51. The third kappa shape index (κ3) is 8.65. The summed E-state index contributed by atoms with van der Waals surface area (Å²) in [6.07, 6.45) is 1.00. The van der Waals surface area contributed by atoms with E-state index >= 15 is 0 Å². The number of hydrogen-bond donors (Lipinski definition) is 0. The van der Waals surface area contributed by atoms with E-state index in [1.807, 2.05) is 91.0 Å². The van der Waals surface area contributed by atoms with E-state index < -0.39 is 12.1 Å². The van der Waals surface area contributed by atoms with Crippen LogP contribution in [0, 0.1) is 0 Å². The van der Waals surface area contributed by atoms with E-state index in [1.165, 1.54) is 0 Å². The van der Waals surface area contributed by atoms with Gasteiger partial charge in [0.1, 0.15) is 0 Å². The van der Waals surface area contributed by atoms with E-state index in [9.17, 15) is 5.53 Å². The highest BCUT2D eigenvalue weighted by Gasteiger charge is 2.31. The van der Waals surface area contributed by atoms with E-state index in [4.69, 9.17) is 14.2 Å². The van der Waals surface area contributed by atoms with Crippen molar-refractivity contribution in [1.29, 1.82) is 0 Å². The second-order valence-electron chi connectivity index (χ2n) is 8.16. The Balaban J connectivity index is 1.74. The smallest absolute Gasteiger partial charge is 0.0948 e. The molecule has 3 aromatic rings. The number of rotatable bonds is 15. The molecule has 6 nitrogen and oxygen atoms in total. The number of azide groups is 1. The number of nitrogens with zero attached hydrogens (tertiary/aromatic N) is 3. The molecule has 0 aliphatic heterocycles. The summed E-state index contributed by atoms with van der Waals surface area (Å²) < 4.78 is 18.7. The second-order valence-corrected chi connectivity index (χ2v) is 8.16. The van der Waals surface area contributed by atoms with Crippen molar-refractivity contribution >= 4 is 0 Å². The second kappa shape index (κ2) is 14.9. The van der Waals surface area contributed by atoms with E-state index in [-0.39, 0.29) is 12.7 Å². The molecule has 0 bridgehead atoms. The molecule has 0 heterocycles. The standard InChI is InChI=1S/C28H33N3O3/c1-2-12-27(33-20-24-15-8-4-9-16-24)28(34-21-25-17-10-5-11-18-25)26(30-31-29)22-32-19-23-13-6-3-7-14-23/h3-11,13-18,26-28H,2,12,19-22H2,1H3/t26-,27+,28-/m0/s1. The molecule has 0 aliphatic rings. The molecule has 3 atom stereocenters. The first-order chi connectivity index (χ1) is 16.8. The Bertz CT molecular complexity index is 980. The number of benzene rings is 3. The van der Waals surface area contributed by atoms with Crippen LogP contribution >= 0.6 is 0 Å². The van der Waals surface area contributed by atoms with Gasteiger partial charge < -0.3 is 14.2 Å². The van der Waals surface area contributed by atoms with Gasteiger partial charge in [0.2, 0.25) is 0 Å². The fourth-order valence-corrected chi connectivity index (χ4v) is 3.77. The molecule has 0 saturated heterocycles. The van der Waals surface area contributed by atoms with Crippen LogP contribution in [0.3, 0.4) is 0 Å². The van der Waals surface area contributed by atoms with Crippen molar-refractivity contribution in [3.8, 4) is 0 Å². The van der Waals surface area contributed by atoms with Gasteiger partial charge >= 0.3 is 0 Å². The monoisotopic (exact) mass is 459 g/mol. The fraction of sp³-hybridized carbons (Fsp3) is 0.357. The first-order valence-electron chi connectivity index (χ1n) is 11.8. The lowest BCUT2D eigenvalue weighted by Gasteiger charge is -2.31. The minimum atomic E-state index is -0.523. The maximum atomic E-state index is 9.31. The van der Waals surface area contributed by atoms with Gasteiger partial charge in [0.05, 0.1) is 44.7 Å². The lowest BCUT2D eigenvalue weighted by molar-refractivity contribution is -0.107. The normalized spacial score (nSPS) is 13.6. The SMILES string of the molecule is CCC[C@@H](OCc1ccccc1)[C@@H](OCc1ccccc1)[C@H](COCc1ccccc1)N=[N+]=[N-]. The quantitative estimate of drug-likeness (QED) is 0.142. The van der Waals surface area contributed by atoms with Gasteiger partial charge in [-0.15, -0.1) is 0 Å². The van der Waals surface area contributed by atoms with Crippen molar-refractivity contribution < 1.29 is 14.2 Å². The van der Waals surface area contributed by atoms with Crippen molar-refractivity contribution in [2.45, 2.75) is 57.8 Å². The summed E-state index contributed by atoms with van der Waals surface area (Å²) in [5.74, 6) is 0. The lowest BCUT2D eigenvalue weighted by Crippen LogP contribution is -2.42. The maximum absolute atomic E-state index is 9.31. The molecule has 0 aliphatic carbocycles. The molecule has 0 fully saturated rings. The molecule has 0 amide bonds. The van der Waals surface area contributed by atoms with Gasteiger partial charge in [-0.25, -0.2) is 0 Å². The molecule has 178 valence electrons. The zero-order valence-electron chi connectivity index (χ0n) is 19.7. The highest BCUT2D eigenvalue weighted by Crippen LogP contribution is 2.21. The summed E-state index contributed by atoms with van der Waals surface area (Å²) in [6, 6.07) is 29.5. The summed E-state index contributed by atoms with van der Waals surface area (Å²) in [5.41, 5.74) is 12.5. The molecular formula is C28H33N3O3. The fourth-order valence-electron chi connectivity index (χ4n) is 3.77. The summed E-state index contributed by atoms with van der Waals surface area (Å²) in [5, 5.41) is 4.08. The molecule has 3 rings (SSSR count). The Morgan fingerprint density at radius 1 is 0.735 bits per heavy atom. The van der Waals surface area contributed by atoms with Crippen LogP contribution in [-0.2, 0) is 34.0 Å². The van der Waals surface area contributed by atoms with Gasteiger partial charge in [0.25, 0.3) is 0 Å². The minimum Gasteiger partial charge on any atom is -0.376 e. The van der Waals surface area contributed by atoms with Crippen molar-refractivity contribution in [1.82, 2.24) is 0 Å². The van der Waals surface area contributed by atoms with Crippen LogP contribution < -0.4 is 0 Å². The Kier molecular flexibility index (Phi) is 11.2. The van der Waals surface area contributed by atoms with Crippen LogP contribution in [0.15, 0.2) is 96.1 Å². The Labute approximate surface area is 202 Å². The highest BCUT2D eigenvalue weighted by atomic mass is 16.5. The molecule has 6 heteroatoms. The number of ether oxygens (including phenoxy) is 3. The highest BCUT2D eigenvalue weighted by molar-refractivity contribution is 5.15. The van der Waals surface area contributed by atoms with Crippen LogP contribution in [0.1, 0.15) is 36.5 Å². The van der Waals surface area contributed by atoms with Crippen molar-refractivity contribution in [2.24, 2.45) is 5.11 Å². The van der Waals surface area contributed by atoms with Gasteiger partial charge in [0, 0.05) is 4.91 Å². The molecule has 3 aromatic carbocycles. The molecule has 0 saturated carbocycles. The average Bonchev–Trinajstić information content (AvgIpc) is 2.89. The predicted molar refractivity (Wildman–Crippen MR) is 134 cm³/mol. The molecule has 0 spiro atoms. The summed E-state index contributed by atoms with van der Waals surface area (Å²) in [7, 11) is 0.